The fraction of sp³-hybridized carbons (Fsp3) is 0.188. The highest BCUT2D eigenvalue weighted by atomic mass is 16.5. The number of ether oxygens (including phenoxy) is 2. The van der Waals surface area contributed by atoms with Crippen LogP contribution in [0.3, 0.4) is 0 Å². The quantitative estimate of drug-likeness (QED) is 0.816. The van der Waals surface area contributed by atoms with E-state index in [-0.39, 0.29) is 29.4 Å². The smallest absolute Gasteiger partial charge is 0.341 e. The van der Waals surface area contributed by atoms with Crippen LogP contribution >= 0.6 is 0 Å². The third-order valence-corrected chi connectivity index (χ3v) is 3.00. The van der Waals surface area contributed by atoms with Crippen LogP contribution < -0.4 is 15.8 Å². The SMILES string of the molecule is CCOC(=O)c1cc(C#N)c(Nc2cccc(OC)c2)nc1N. The van der Waals surface area contributed by atoms with Crippen LogP contribution in [0.15, 0.2) is 30.3 Å². The highest BCUT2D eigenvalue weighted by Gasteiger charge is 2.17. The van der Waals surface area contributed by atoms with Crippen LogP contribution in [0.1, 0.15) is 22.8 Å². The molecule has 0 aliphatic heterocycles. The van der Waals surface area contributed by atoms with Crippen molar-refractivity contribution in [3.63, 3.8) is 0 Å². The van der Waals surface area contributed by atoms with Crippen molar-refractivity contribution in [3.05, 3.63) is 41.5 Å². The molecule has 0 radical (unpaired) electrons. The number of nitrogen functional groups attached to an aromatic ring is 1. The Labute approximate surface area is 133 Å². The summed E-state index contributed by atoms with van der Waals surface area (Å²) in [4.78, 5) is 15.9. The van der Waals surface area contributed by atoms with Gasteiger partial charge in [-0.3, -0.25) is 0 Å². The molecule has 0 fully saturated rings. The number of carbonyl (C=O) groups excluding carboxylic acids is 1. The molecular formula is C16H16N4O3. The first-order valence-corrected chi connectivity index (χ1v) is 6.87. The summed E-state index contributed by atoms with van der Waals surface area (Å²) in [5, 5.41) is 12.3. The molecule has 118 valence electrons. The largest absolute Gasteiger partial charge is 0.497 e. The molecule has 7 nitrogen and oxygen atoms in total. The van der Waals surface area contributed by atoms with E-state index in [9.17, 15) is 10.1 Å². The van der Waals surface area contributed by atoms with Gasteiger partial charge in [-0.05, 0) is 25.1 Å². The van der Waals surface area contributed by atoms with Crippen LogP contribution in [-0.4, -0.2) is 24.7 Å². The summed E-state index contributed by atoms with van der Waals surface area (Å²) in [7, 11) is 1.56. The molecule has 1 aromatic carbocycles. The number of pyridine rings is 1. The van der Waals surface area contributed by atoms with Gasteiger partial charge in [0, 0.05) is 11.8 Å². The van der Waals surface area contributed by atoms with E-state index in [1.54, 1.807) is 38.3 Å². The molecule has 0 unspecified atom stereocenters. The van der Waals surface area contributed by atoms with Crippen LogP contribution in [0, 0.1) is 11.3 Å². The van der Waals surface area contributed by atoms with Gasteiger partial charge in [-0.15, -0.1) is 0 Å². The van der Waals surface area contributed by atoms with Gasteiger partial charge in [0.05, 0.1) is 19.3 Å². The Morgan fingerprint density at radius 1 is 1.43 bits per heavy atom. The minimum atomic E-state index is -0.609. The lowest BCUT2D eigenvalue weighted by atomic mass is 10.1. The molecule has 1 aromatic heterocycles. The van der Waals surface area contributed by atoms with E-state index in [1.807, 2.05) is 6.07 Å². The maximum Gasteiger partial charge on any atom is 0.341 e. The third kappa shape index (κ3) is 3.68. The summed E-state index contributed by atoms with van der Waals surface area (Å²) in [6.07, 6.45) is 0. The zero-order valence-corrected chi connectivity index (χ0v) is 12.8. The number of rotatable bonds is 5. The summed E-state index contributed by atoms with van der Waals surface area (Å²) in [5.74, 6) is 0.297. The normalized spacial score (nSPS) is 9.78. The van der Waals surface area contributed by atoms with E-state index in [4.69, 9.17) is 15.2 Å². The molecule has 2 rings (SSSR count). The van der Waals surface area contributed by atoms with E-state index < -0.39 is 5.97 Å². The van der Waals surface area contributed by atoms with Crippen LogP contribution in [0.2, 0.25) is 0 Å². The Bertz CT molecular complexity index is 768. The van der Waals surface area contributed by atoms with Gasteiger partial charge in [-0.1, -0.05) is 6.07 Å². The number of benzene rings is 1. The highest BCUT2D eigenvalue weighted by molar-refractivity contribution is 5.95. The van der Waals surface area contributed by atoms with E-state index in [1.165, 1.54) is 6.07 Å². The maximum absolute atomic E-state index is 11.8. The van der Waals surface area contributed by atoms with Crippen molar-refractivity contribution in [1.82, 2.24) is 4.98 Å². The first kappa shape index (κ1) is 16.1. The summed E-state index contributed by atoms with van der Waals surface area (Å²) in [5.41, 5.74) is 6.73. The number of anilines is 3. The molecule has 0 atom stereocenters. The second-order valence-electron chi connectivity index (χ2n) is 4.51. The topological polar surface area (TPSA) is 110 Å². The Morgan fingerprint density at radius 2 is 2.22 bits per heavy atom. The number of hydrogen-bond acceptors (Lipinski definition) is 7. The minimum absolute atomic E-state index is 0.00662. The van der Waals surface area contributed by atoms with Crippen LogP contribution in [0.25, 0.3) is 0 Å². The first-order valence-electron chi connectivity index (χ1n) is 6.87. The predicted molar refractivity (Wildman–Crippen MR) is 85.6 cm³/mol. The molecule has 3 N–H and O–H groups in total. The summed E-state index contributed by atoms with van der Waals surface area (Å²) in [6, 6.07) is 10.5. The zero-order valence-electron chi connectivity index (χ0n) is 12.8. The van der Waals surface area contributed by atoms with Crippen LogP contribution in [0.4, 0.5) is 17.3 Å². The predicted octanol–water partition coefficient (Wildman–Crippen LogP) is 2.46. The third-order valence-electron chi connectivity index (χ3n) is 3.00. The fourth-order valence-electron chi connectivity index (χ4n) is 1.92. The van der Waals surface area contributed by atoms with Crippen molar-refractivity contribution in [3.8, 4) is 11.8 Å². The summed E-state index contributed by atoms with van der Waals surface area (Å²) < 4.78 is 10.0. The van der Waals surface area contributed by atoms with E-state index >= 15 is 0 Å². The number of aromatic nitrogens is 1. The van der Waals surface area contributed by atoms with E-state index in [0.717, 1.165) is 0 Å². The lowest BCUT2D eigenvalue weighted by molar-refractivity contribution is 0.0527. The zero-order chi connectivity index (χ0) is 16.8. The van der Waals surface area contributed by atoms with Gasteiger partial charge in [-0.2, -0.15) is 5.26 Å². The van der Waals surface area contributed by atoms with Crippen molar-refractivity contribution >= 4 is 23.3 Å². The van der Waals surface area contributed by atoms with Gasteiger partial charge in [0.1, 0.15) is 23.2 Å². The Balaban J connectivity index is 2.37. The number of hydrogen-bond donors (Lipinski definition) is 2. The number of methoxy groups -OCH3 is 1. The molecule has 0 amide bonds. The number of carbonyl (C=O) groups is 1. The van der Waals surface area contributed by atoms with Crippen LogP contribution in [0.5, 0.6) is 5.75 Å². The van der Waals surface area contributed by atoms with E-state index in [2.05, 4.69) is 10.3 Å². The molecule has 1 heterocycles. The molecule has 0 bridgehead atoms. The van der Waals surface area contributed by atoms with Gasteiger partial charge in [0.2, 0.25) is 0 Å². The molecule has 0 saturated heterocycles. The van der Waals surface area contributed by atoms with Gasteiger partial charge >= 0.3 is 5.97 Å². The molecule has 23 heavy (non-hydrogen) atoms. The molecule has 0 aliphatic rings. The average molecular weight is 312 g/mol. The van der Waals surface area contributed by atoms with Crippen molar-refractivity contribution in [1.29, 1.82) is 5.26 Å². The second kappa shape index (κ2) is 7.13. The van der Waals surface area contributed by atoms with Crippen molar-refractivity contribution in [2.24, 2.45) is 0 Å². The molecule has 0 spiro atoms. The monoisotopic (exact) mass is 312 g/mol. The first-order chi connectivity index (χ1) is 11.1. The maximum atomic E-state index is 11.8. The summed E-state index contributed by atoms with van der Waals surface area (Å²) in [6.45, 7) is 1.90. The molecule has 2 aromatic rings. The van der Waals surface area contributed by atoms with Gasteiger partial charge in [0.15, 0.2) is 5.82 Å². The lowest BCUT2D eigenvalue weighted by Gasteiger charge is -2.11. The van der Waals surface area contributed by atoms with E-state index in [0.29, 0.717) is 11.4 Å². The number of nitrogens with one attached hydrogen (secondary N) is 1. The molecule has 0 saturated carbocycles. The Hall–Kier alpha value is -3.27. The number of nitrogens with two attached hydrogens (primary N) is 1. The van der Waals surface area contributed by atoms with Crippen molar-refractivity contribution in [2.45, 2.75) is 6.92 Å². The standard InChI is InChI=1S/C16H16N4O3/c1-3-23-16(21)13-7-10(9-17)15(20-14(13)18)19-11-5-4-6-12(8-11)22-2/h4-8H,3H2,1-2H3,(H3,18,19,20). The molecule has 7 heteroatoms. The molecule has 0 aliphatic carbocycles. The lowest BCUT2D eigenvalue weighted by Crippen LogP contribution is -2.11. The average Bonchev–Trinajstić information content (AvgIpc) is 2.55. The number of esters is 1. The Kier molecular flexibility index (Phi) is 5.00. The van der Waals surface area contributed by atoms with Crippen molar-refractivity contribution < 1.29 is 14.3 Å². The highest BCUT2D eigenvalue weighted by Crippen LogP contribution is 2.25. The second-order valence-corrected chi connectivity index (χ2v) is 4.51. The van der Waals surface area contributed by atoms with Gasteiger partial charge in [0.25, 0.3) is 0 Å². The Morgan fingerprint density at radius 3 is 2.87 bits per heavy atom. The summed E-state index contributed by atoms with van der Waals surface area (Å²) >= 11 is 0. The fourth-order valence-corrected chi connectivity index (χ4v) is 1.92. The van der Waals surface area contributed by atoms with Crippen LogP contribution in [-0.2, 0) is 4.74 Å². The minimum Gasteiger partial charge on any atom is -0.497 e. The van der Waals surface area contributed by atoms with Gasteiger partial charge in [-0.25, -0.2) is 9.78 Å². The van der Waals surface area contributed by atoms with Crippen molar-refractivity contribution in [2.75, 3.05) is 24.8 Å². The number of nitriles is 1. The molecular weight excluding hydrogens is 296 g/mol. The number of nitrogens with zero attached hydrogens (tertiary/aromatic N) is 2. The van der Waals surface area contributed by atoms with Gasteiger partial charge < -0.3 is 20.5 Å².